The molecule has 0 aliphatic carbocycles. The zero-order valence-corrected chi connectivity index (χ0v) is 15.9. The lowest BCUT2D eigenvalue weighted by Gasteiger charge is -2.35. The summed E-state index contributed by atoms with van der Waals surface area (Å²) in [6.45, 7) is 1.46. The summed E-state index contributed by atoms with van der Waals surface area (Å²) < 4.78 is 5.15. The number of nitro benzene ring substituents is 1. The number of non-ortho nitro benzene ring substituents is 1. The molecule has 0 unspecified atom stereocenters. The SMILES string of the molecule is COc1cccc(C(=O)N2CCN(C(=O)c3ccc([N+](=O)[O-])cc3Cl)CC2)c1. The van der Waals surface area contributed by atoms with Crippen molar-refractivity contribution >= 4 is 29.1 Å². The fraction of sp³-hybridized carbons (Fsp3) is 0.263. The van der Waals surface area contributed by atoms with E-state index in [1.165, 1.54) is 19.2 Å². The first-order valence-electron chi connectivity index (χ1n) is 8.57. The van der Waals surface area contributed by atoms with Gasteiger partial charge in [-0.1, -0.05) is 17.7 Å². The van der Waals surface area contributed by atoms with E-state index in [1.54, 1.807) is 34.1 Å². The van der Waals surface area contributed by atoms with Crippen LogP contribution in [0.5, 0.6) is 5.75 Å². The monoisotopic (exact) mass is 403 g/mol. The number of hydrogen-bond donors (Lipinski definition) is 0. The van der Waals surface area contributed by atoms with Crippen LogP contribution in [0.3, 0.4) is 0 Å². The predicted molar refractivity (Wildman–Crippen MR) is 103 cm³/mol. The van der Waals surface area contributed by atoms with Crippen LogP contribution < -0.4 is 4.74 Å². The van der Waals surface area contributed by atoms with Crippen molar-refractivity contribution in [2.45, 2.75) is 0 Å². The Labute approximate surface area is 166 Å². The Morgan fingerprint density at radius 3 is 2.25 bits per heavy atom. The molecule has 1 aliphatic heterocycles. The molecule has 1 aliphatic rings. The highest BCUT2D eigenvalue weighted by Crippen LogP contribution is 2.24. The van der Waals surface area contributed by atoms with E-state index in [4.69, 9.17) is 16.3 Å². The van der Waals surface area contributed by atoms with Crippen molar-refractivity contribution in [2.75, 3.05) is 33.3 Å². The second kappa shape index (κ2) is 8.26. The van der Waals surface area contributed by atoms with E-state index in [0.717, 1.165) is 6.07 Å². The summed E-state index contributed by atoms with van der Waals surface area (Å²) in [7, 11) is 1.54. The molecule has 1 heterocycles. The Hall–Kier alpha value is -3.13. The Kier molecular flexibility index (Phi) is 5.79. The molecule has 0 atom stereocenters. The summed E-state index contributed by atoms with van der Waals surface area (Å²) in [5.74, 6) is 0.167. The summed E-state index contributed by atoms with van der Waals surface area (Å²) >= 11 is 6.05. The number of methoxy groups -OCH3 is 1. The lowest BCUT2D eigenvalue weighted by Crippen LogP contribution is -2.50. The van der Waals surface area contributed by atoms with Gasteiger partial charge in [-0.05, 0) is 24.3 Å². The van der Waals surface area contributed by atoms with Gasteiger partial charge in [0.15, 0.2) is 0 Å². The van der Waals surface area contributed by atoms with E-state index < -0.39 is 4.92 Å². The topological polar surface area (TPSA) is 93.0 Å². The van der Waals surface area contributed by atoms with Crippen molar-refractivity contribution in [3.63, 3.8) is 0 Å². The van der Waals surface area contributed by atoms with Gasteiger partial charge in [0.2, 0.25) is 0 Å². The van der Waals surface area contributed by atoms with Gasteiger partial charge in [0.05, 0.1) is 22.6 Å². The third-order valence-electron chi connectivity index (χ3n) is 4.56. The van der Waals surface area contributed by atoms with E-state index in [9.17, 15) is 19.7 Å². The van der Waals surface area contributed by atoms with E-state index in [1.807, 2.05) is 0 Å². The minimum Gasteiger partial charge on any atom is -0.497 e. The molecule has 9 heteroatoms. The molecule has 1 saturated heterocycles. The normalized spacial score (nSPS) is 13.9. The number of carbonyl (C=O) groups excluding carboxylic acids is 2. The molecular weight excluding hydrogens is 386 g/mol. The minimum atomic E-state index is -0.566. The van der Waals surface area contributed by atoms with Gasteiger partial charge in [-0.3, -0.25) is 19.7 Å². The van der Waals surface area contributed by atoms with Gasteiger partial charge in [0.1, 0.15) is 5.75 Å². The van der Waals surface area contributed by atoms with Crippen molar-refractivity contribution in [2.24, 2.45) is 0 Å². The van der Waals surface area contributed by atoms with Crippen LogP contribution in [0.4, 0.5) is 5.69 Å². The third-order valence-corrected chi connectivity index (χ3v) is 4.88. The molecule has 0 bridgehead atoms. The Balaban J connectivity index is 1.65. The number of ether oxygens (including phenoxy) is 1. The summed E-state index contributed by atoms with van der Waals surface area (Å²) in [5.41, 5.74) is 0.563. The average molecular weight is 404 g/mol. The van der Waals surface area contributed by atoms with Crippen LogP contribution >= 0.6 is 11.6 Å². The molecule has 0 N–H and O–H groups in total. The van der Waals surface area contributed by atoms with Crippen molar-refractivity contribution in [3.05, 3.63) is 68.7 Å². The molecule has 146 valence electrons. The zero-order valence-electron chi connectivity index (χ0n) is 15.1. The zero-order chi connectivity index (χ0) is 20.3. The van der Waals surface area contributed by atoms with Gasteiger partial charge in [-0.15, -0.1) is 0 Å². The summed E-state index contributed by atoms with van der Waals surface area (Å²) in [6.07, 6.45) is 0. The van der Waals surface area contributed by atoms with Gasteiger partial charge < -0.3 is 14.5 Å². The van der Waals surface area contributed by atoms with Crippen LogP contribution in [0.1, 0.15) is 20.7 Å². The summed E-state index contributed by atoms with van der Waals surface area (Å²) in [5, 5.41) is 10.8. The van der Waals surface area contributed by atoms with Crippen LogP contribution in [0.2, 0.25) is 5.02 Å². The number of carbonyl (C=O) groups is 2. The van der Waals surface area contributed by atoms with Crippen LogP contribution in [0.25, 0.3) is 0 Å². The Morgan fingerprint density at radius 1 is 1.04 bits per heavy atom. The first-order chi connectivity index (χ1) is 13.4. The molecule has 2 aromatic rings. The molecule has 0 aromatic heterocycles. The van der Waals surface area contributed by atoms with Crippen LogP contribution in [-0.4, -0.2) is 59.8 Å². The minimum absolute atomic E-state index is 0.0362. The first kappa shape index (κ1) is 19.6. The quantitative estimate of drug-likeness (QED) is 0.578. The highest BCUT2D eigenvalue weighted by atomic mass is 35.5. The highest BCUT2D eigenvalue weighted by Gasteiger charge is 2.27. The Bertz CT molecular complexity index is 926. The van der Waals surface area contributed by atoms with Crippen LogP contribution in [0, 0.1) is 10.1 Å². The van der Waals surface area contributed by atoms with Gasteiger partial charge in [0, 0.05) is 43.9 Å². The summed E-state index contributed by atoms with van der Waals surface area (Å²) in [6, 6.07) is 10.7. The number of nitro groups is 1. The van der Waals surface area contributed by atoms with Crippen molar-refractivity contribution in [3.8, 4) is 5.75 Å². The smallest absolute Gasteiger partial charge is 0.270 e. The highest BCUT2D eigenvalue weighted by molar-refractivity contribution is 6.34. The number of piperazine rings is 1. The number of amides is 2. The fourth-order valence-electron chi connectivity index (χ4n) is 3.01. The number of benzene rings is 2. The van der Waals surface area contributed by atoms with Gasteiger partial charge in [-0.2, -0.15) is 0 Å². The van der Waals surface area contributed by atoms with E-state index in [-0.39, 0.29) is 28.1 Å². The van der Waals surface area contributed by atoms with Crippen LogP contribution in [-0.2, 0) is 0 Å². The maximum atomic E-state index is 12.7. The molecule has 0 saturated carbocycles. The van der Waals surface area contributed by atoms with Crippen molar-refractivity contribution in [1.29, 1.82) is 0 Å². The predicted octanol–water partition coefficient (Wildman–Crippen LogP) is 2.86. The molecule has 0 spiro atoms. The van der Waals surface area contributed by atoms with Crippen LogP contribution in [0.15, 0.2) is 42.5 Å². The van der Waals surface area contributed by atoms with Crippen molar-refractivity contribution < 1.29 is 19.2 Å². The summed E-state index contributed by atoms with van der Waals surface area (Å²) in [4.78, 5) is 38.8. The molecule has 2 amide bonds. The van der Waals surface area contributed by atoms with E-state index in [0.29, 0.717) is 37.5 Å². The maximum absolute atomic E-state index is 12.7. The lowest BCUT2D eigenvalue weighted by atomic mass is 10.1. The lowest BCUT2D eigenvalue weighted by molar-refractivity contribution is -0.384. The third kappa shape index (κ3) is 4.07. The molecule has 8 nitrogen and oxygen atoms in total. The maximum Gasteiger partial charge on any atom is 0.270 e. The first-order valence-corrected chi connectivity index (χ1v) is 8.95. The molecule has 1 fully saturated rings. The standard InChI is InChI=1S/C19H18ClN3O5/c1-28-15-4-2-3-13(11-15)18(24)21-7-9-22(10-8-21)19(25)16-6-5-14(23(26)27)12-17(16)20/h2-6,11-12H,7-10H2,1H3. The number of halogens is 1. The largest absolute Gasteiger partial charge is 0.497 e. The molecule has 0 radical (unpaired) electrons. The Morgan fingerprint density at radius 2 is 1.68 bits per heavy atom. The second-order valence-corrected chi connectivity index (χ2v) is 6.64. The van der Waals surface area contributed by atoms with Gasteiger partial charge in [0.25, 0.3) is 17.5 Å². The second-order valence-electron chi connectivity index (χ2n) is 6.24. The average Bonchev–Trinajstić information content (AvgIpc) is 2.72. The molecule has 28 heavy (non-hydrogen) atoms. The molecular formula is C19H18ClN3O5. The van der Waals surface area contributed by atoms with E-state index in [2.05, 4.69) is 0 Å². The van der Waals surface area contributed by atoms with Gasteiger partial charge in [-0.25, -0.2) is 0 Å². The number of hydrogen-bond acceptors (Lipinski definition) is 5. The molecule has 2 aromatic carbocycles. The number of nitrogens with zero attached hydrogens (tertiary/aromatic N) is 3. The number of rotatable bonds is 4. The van der Waals surface area contributed by atoms with Crippen molar-refractivity contribution in [1.82, 2.24) is 9.80 Å². The molecule has 3 rings (SSSR count). The van der Waals surface area contributed by atoms with Gasteiger partial charge >= 0.3 is 0 Å². The van der Waals surface area contributed by atoms with E-state index >= 15 is 0 Å². The fourth-order valence-corrected chi connectivity index (χ4v) is 3.27.